The SMILES string of the molecule is CCCc1nc2c(NC(=O)OCc3ccccc3)nc3ccccc3c2s1. The Balaban J connectivity index is 1.64. The van der Waals surface area contributed by atoms with Crippen LogP contribution in [0.1, 0.15) is 23.9 Å². The van der Waals surface area contributed by atoms with E-state index in [1.807, 2.05) is 54.6 Å². The average molecular weight is 377 g/mol. The van der Waals surface area contributed by atoms with E-state index in [1.165, 1.54) is 0 Å². The van der Waals surface area contributed by atoms with Crippen LogP contribution in [0.4, 0.5) is 10.6 Å². The number of aryl methyl sites for hydroxylation is 1. The van der Waals surface area contributed by atoms with Crippen LogP contribution in [0.15, 0.2) is 54.6 Å². The number of carbonyl (C=O) groups is 1. The zero-order valence-corrected chi connectivity index (χ0v) is 15.8. The first-order valence-electron chi connectivity index (χ1n) is 8.90. The number of nitrogens with zero attached hydrogens (tertiary/aromatic N) is 2. The normalized spacial score (nSPS) is 11.0. The van der Waals surface area contributed by atoms with E-state index < -0.39 is 6.09 Å². The minimum Gasteiger partial charge on any atom is -0.444 e. The molecular formula is C21H19N3O2S. The van der Waals surface area contributed by atoms with E-state index in [0.29, 0.717) is 5.82 Å². The van der Waals surface area contributed by atoms with Crippen molar-refractivity contribution in [3.63, 3.8) is 0 Å². The summed E-state index contributed by atoms with van der Waals surface area (Å²) in [7, 11) is 0. The maximum atomic E-state index is 12.3. The third kappa shape index (κ3) is 3.75. The molecule has 27 heavy (non-hydrogen) atoms. The summed E-state index contributed by atoms with van der Waals surface area (Å²) >= 11 is 1.66. The molecule has 136 valence electrons. The van der Waals surface area contributed by atoms with Gasteiger partial charge in [-0.15, -0.1) is 11.3 Å². The molecule has 0 bridgehead atoms. The fourth-order valence-electron chi connectivity index (χ4n) is 2.91. The summed E-state index contributed by atoms with van der Waals surface area (Å²) in [6.45, 7) is 2.34. The van der Waals surface area contributed by atoms with E-state index in [-0.39, 0.29) is 6.61 Å². The van der Waals surface area contributed by atoms with Gasteiger partial charge < -0.3 is 4.74 Å². The molecule has 0 saturated heterocycles. The van der Waals surface area contributed by atoms with E-state index >= 15 is 0 Å². The zero-order valence-electron chi connectivity index (χ0n) is 14.9. The van der Waals surface area contributed by atoms with Crippen LogP contribution >= 0.6 is 11.3 Å². The minimum absolute atomic E-state index is 0.210. The number of nitrogens with one attached hydrogen (secondary N) is 1. The maximum absolute atomic E-state index is 12.3. The van der Waals surface area contributed by atoms with E-state index in [9.17, 15) is 4.79 Å². The molecule has 2 heterocycles. The third-order valence-corrected chi connectivity index (χ3v) is 5.32. The molecule has 0 spiro atoms. The molecule has 0 aliphatic rings. The molecule has 2 aromatic carbocycles. The smallest absolute Gasteiger partial charge is 0.413 e. The minimum atomic E-state index is -0.534. The highest BCUT2D eigenvalue weighted by Gasteiger charge is 2.16. The summed E-state index contributed by atoms with van der Waals surface area (Å²) in [5.41, 5.74) is 2.48. The maximum Gasteiger partial charge on any atom is 0.413 e. The van der Waals surface area contributed by atoms with Gasteiger partial charge in [-0.25, -0.2) is 14.8 Å². The Morgan fingerprint density at radius 2 is 1.85 bits per heavy atom. The topological polar surface area (TPSA) is 64.1 Å². The van der Waals surface area contributed by atoms with Crippen LogP contribution in [-0.4, -0.2) is 16.1 Å². The number of carbonyl (C=O) groups excluding carboxylic acids is 1. The van der Waals surface area contributed by atoms with E-state index in [2.05, 4.69) is 17.2 Å². The Hall–Kier alpha value is -2.99. The van der Waals surface area contributed by atoms with Crippen LogP contribution in [0.2, 0.25) is 0 Å². The number of thiazole rings is 1. The van der Waals surface area contributed by atoms with Crippen molar-refractivity contribution in [3.05, 3.63) is 65.2 Å². The van der Waals surface area contributed by atoms with Gasteiger partial charge in [0.05, 0.1) is 15.2 Å². The monoisotopic (exact) mass is 377 g/mol. The van der Waals surface area contributed by atoms with Gasteiger partial charge in [0.25, 0.3) is 0 Å². The van der Waals surface area contributed by atoms with Gasteiger partial charge in [-0.05, 0) is 24.5 Å². The van der Waals surface area contributed by atoms with Crippen molar-refractivity contribution >= 4 is 44.4 Å². The molecular weight excluding hydrogens is 358 g/mol. The Bertz CT molecular complexity index is 1090. The first kappa shape index (κ1) is 17.4. The van der Waals surface area contributed by atoms with Crippen LogP contribution in [0.3, 0.4) is 0 Å². The fourth-order valence-corrected chi connectivity index (χ4v) is 4.11. The Morgan fingerprint density at radius 3 is 2.67 bits per heavy atom. The Morgan fingerprint density at radius 1 is 1.07 bits per heavy atom. The second kappa shape index (κ2) is 7.72. The molecule has 1 N–H and O–H groups in total. The first-order valence-corrected chi connectivity index (χ1v) is 9.72. The summed E-state index contributed by atoms with van der Waals surface area (Å²) in [5, 5.41) is 4.87. The number of pyridine rings is 1. The second-order valence-corrected chi connectivity index (χ2v) is 7.28. The molecule has 0 atom stereocenters. The van der Waals surface area contributed by atoms with E-state index in [1.54, 1.807) is 11.3 Å². The van der Waals surface area contributed by atoms with Crippen molar-refractivity contribution in [1.82, 2.24) is 9.97 Å². The molecule has 6 heteroatoms. The van der Waals surface area contributed by atoms with Crippen molar-refractivity contribution in [2.24, 2.45) is 0 Å². The lowest BCUT2D eigenvalue weighted by molar-refractivity contribution is 0.155. The number of hydrogen-bond donors (Lipinski definition) is 1. The number of anilines is 1. The number of benzene rings is 2. The van der Waals surface area contributed by atoms with Gasteiger partial charge in [-0.3, -0.25) is 5.32 Å². The van der Waals surface area contributed by atoms with Crippen molar-refractivity contribution < 1.29 is 9.53 Å². The summed E-state index contributed by atoms with van der Waals surface area (Å²) in [5.74, 6) is 0.445. The van der Waals surface area contributed by atoms with Crippen molar-refractivity contribution in [1.29, 1.82) is 0 Å². The predicted molar refractivity (Wildman–Crippen MR) is 109 cm³/mol. The number of hydrogen-bond acceptors (Lipinski definition) is 5. The standard InChI is InChI=1S/C21H19N3O2S/c1-2-8-17-23-18-19(27-17)15-11-6-7-12-16(15)22-20(18)24-21(25)26-13-14-9-4-3-5-10-14/h3-7,9-12H,2,8,13H2,1H3,(H,22,24,25). The van der Waals surface area contributed by atoms with Gasteiger partial charge in [0.15, 0.2) is 5.82 Å². The number of fused-ring (bicyclic) bond motifs is 3. The number of rotatable bonds is 5. The highest BCUT2D eigenvalue weighted by molar-refractivity contribution is 7.19. The number of para-hydroxylation sites is 1. The molecule has 0 saturated carbocycles. The van der Waals surface area contributed by atoms with E-state index in [4.69, 9.17) is 9.72 Å². The lowest BCUT2D eigenvalue weighted by Crippen LogP contribution is -2.15. The van der Waals surface area contributed by atoms with Gasteiger partial charge in [-0.1, -0.05) is 55.5 Å². The molecule has 0 unspecified atom stereocenters. The molecule has 4 aromatic rings. The lowest BCUT2D eigenvalue weighted by Gasteiger charge is -2.08. The average Bonchev–Trinajstić information content (AvgIpc) is 3.12. The van der Waals surface area contributed by atoms with Crippen molar-refractivity contribution in [3.8, 4) is 0 Å². The molecule has 0 radical (unpaired) electrons. The van der Waals surface area contributed by atoms with Crippen LogP contribution < -0.4 is 5.32 Å². The quantitative estimate of drug-likeness (QED) is 0.495. The predicted octanol–water partition coefficient (Wildman–Crippen LogP) is 5.55. The number of ether oxygens (including phenoxy) is 1. The number of aromatic nitrogens is 2. The molecule has 2 aromatic heterocycles. The van der Waals surface area contributed by atoms with E-state index in [0.717, 1.165) is 44.5 Å². The summed E-state index contributed by atoms with van der Waals surface area (Å²) in [6.07, 6.45) is 1.39. The van der Waals surface area contributed by atoms with Gasteiger partial charge in [0.1, 0.15) is 12.1 Å². The van der Waals surface area contributed by atoms with Gasteiger partial charge >= 0.3 is 6.09 Å². The first-order chi connectivity index (χ1) is 13.2. The molecule has 1 amide bonds. The Labute approximate surface area is 161 Å². The zero-order chi connectivity index (χ0) is 18.6. The van der Waals surface area contributed by atoms with Crippen LogP contribution in [0.25, 0.3) is 21.1 Å². The lowest BCUT2D eigenvalue weighted by atomic mass is 10.2. The Kier molecular flexibility index (Phi) is 4.98. The molecule has 4 rings (SSSR count). The second-order valence-electron chi connectivity index (χ2n) is 6.20. The number of amides is 1. The van der Waals surface area contributed by atoms with Gasteiger partial charge in [0.2, 0.25) is 0 Å². The molecule has 0 fully saturated rings. The molecule has 0 aliphatic heterocycles. The van der Waals surface area contributed by atoms with Crippen LogP contribution in [0, 0.1) is 0 Å². The van der Waals surface area contributed by atoms with Crippen LogP contribution in [-0.2, 0) is 17.8 Å². The summed E-state index contributed by atoms with van der Waals surface area (Å²) in [4.78, 5) is 21.6. The summed E-state index contributed by atoms with van der Waals surface area (Å²) < 4.78 is 6.38. The van der Waals surface area contributed by atoms with Gasteiger partial charge in [0, 0.05) is 5.39 Å². The largest absolute Gasteiger partial charge is 0.444 e. The van der Waals surface area contributed by atoms with Crippen molar-refractivity contribution in [2.45, 2.75) is 26.4 Å². The van der Waals surface area contributed by atoms with Crippen LogP contribution in [0.5, 0.6) is 0 Å². The molecule has 5 nitrogen and oxygen atoms in total. The highest BCUT2D eigenvalue weighted by Crippen LogP contribution is 2.34. The highest BCUT2D eigenvalue weighted by atomic mass is 32.1. The van der Waals surface area contributed by atoms with Crippen molar-refractivity contribution in [2.75, 3.05) is 5.32 Å². The molecule has 0 aliphatic carbocycles. The van der Waals surface area contributed by atoms with Gasteiger partial charge in [-0.2, -0.15) is 0 Å². The third-order valence-electron chi connectivity index (χ3n) is 4.17. The summed E-state index contributed by atoms with van der Waals surface area (Å²) in [6, 6.07) is 17.5. The fraction of sp³-hybridized carbons (Fsp3) is 0.190.